The van der Waals surface area contributed by atoms with Gasteiger partial charge in [0.05, 0.1) is 0 Å². The van der Waals surface area contributed by atoms with Crippen LogP contribution in [0.1, 0.15) is 49.9 Å². The second-order valence-corrected chi connectivity index (χ2v) is 16.5. The van der Waals surface area contributed by atoms with Crippen LogP contribution in [0.2, 0.25) is 0 Å². The van der Waals surface area contributed by atoms with Crippen LogP contribution in [-0.2, 0) is 10.8 Å². The summed E-state index contributed by atoms with van der Waals surface area (Å²) in [7, 11) is 0. The van der Waals surface area contributed by atoms with E-state index in [-0.39, 0.29) is 10.8 Å². The van der Waals surface area contributed by atoms with Gasteiger partial charge in [-0.2, -0.15) is 0 Å². The minimum absolute atomic E-state index is 0.0667. The molecule has 0 aromatic heterocycles. The minimum Gasteiger partial charge on any atom is -0.0622 e. The first-order valence-electron chi connectivity index (χ1n) is 19.3. The summed E-state index contributed by atoms with van der Waals surface area (Å²) in [6.07, 6.45) is 0. The summed E-state index contributed by atoms with van der Waals surface area (Å²) in [5.41, 5.74) is 18.8. The zero-order chi connectivity index (χ0) is 36.3. The van der Waals surface area contributed by atoms with Crippen LogP contribution in [0.25, 0.3) is 88.0 Å². The van der Waals surface area contributed by atoms with Crippen molar-refractivity contribution < 1.29 is 0 Å². The van der Waals surface area contributed by atoms with Gasteiger partial charge in [-0.3, -0.25) is 0 Å². The Morgan fingerprint density at radius 2 is 0.815 bits per heavy atom. The van der Waals surface area contributed by atoms with Crippen LogP contribution in [0.3, 0.4) is 0 Å². The molecule has 2 aliphatic rings. The van der Waals surface area contributed by atoms with E-state index in [1.54, 1.807) is 0 Å². The van der Waals surface area contributed by atoms with Crippen molar-refractivity contribution in [2.24, 2.45) is 0 Å². The molecule has 256 valence electrons. The maximum atomic E-state index is 2.52. The van der Waals surface area contributed by atoms with E-state index in [1.807, 2.05) is 0 Å². The Hall–Kier alpha value is -6.24. The monoisotopic (exact) mass is 688 g/mol. The van der Waals surface area contributed by atoms with Crippen LogP contribution in [0, 0.1) is 0 Å². The van der Waals surface area contributed by atoms with E-state index in [2.05, 4.69) is 198 Å². The molecule has 9 aromatic rings. The fraction of sp³-hybridized carbons (Fsp3) is 0.111. The van der Waals surface area contributed by atoms with Gasteiger partial charge in [-0.1, -0.05) is 179 Å². The third-order valence-corrected chi connectivity index (χ3v) is 12.8. The first-order chi connectivity index (χ1) is 26.3. The normalized spacial score (nSPS) is 14.6. The average Bonchev–Trinajstić information content (AvgIpc) is 3.59. The number of rotatable bonds is 3. The van der Waals surface area contributed by atoms with Crippen LogP contribution in [0.4, 0.5) is 0 Å². The van der Waals surface area contributed by atoms with Gasteiger partial charge in [0, 0.05) is 10.8 Å². The summed E-state index contributed by atoms with van der Waals surface area (Å²) in [6, 6.07) is 63.7. The van der Waals surface area contributed by atoms with Gasteiger partial charge in [0.25, 0.3) is 0 Å². The summed E-state index contributed by atoms with van der Waals surface area (Å²) in [5, 5.41) is 7.65. The van der Waals surface area contributed by atoms with E-state index in [1.165, 1.54) is 110 Å². The summed E-state index contributed by atoms with van der Waals surface area (Å²) >= 11 is 0. The van der Waals surface area contributed by atoms with Crippen molar-refractivity contribution >= 4 is 32.3 Å². The van der Waals surface area contributed by atoms with E-state index in [4.69, 9.17) is 0 Å². The quantitative estimate of drug-likeness (QED) is 0.162. The second-order valence-electron chi connectivity index (χ2n) is 16.5. The molecule has 0 bridgehead atoms. The van der Waals surface area contributed by atoms with Crippen LogP contribution in [-0.4, -0.2) is 0 Å². The third kappa shape index (κ3) is 4.26. The molecule has 0 heterocycles. The molecule has 0 fully saturated rings. The highest BCUT2D eigenvalue weighted by Crippen LogP contribution is 2.59. The van der Waals surface area contributed by atoms with Crippen molar-refractivity contribution in [2.75, 3.05) is 0 Å². The van der Waals surface area contributed by atoms with Gasteiger partial charge in [-0.15, -0.1) is 0 Å². The van der Waals surface area contributed by atoms with Crippen LogP contribution < -0.4 is 0 Å². The van der Waals surface area contributed by atoms with Crippen molar-refractivity contribution in [2.45, 2.75) is 38.5 Å². The molecule has 0 saturated heterocycles. The molecular weight excluding hydrogens is 649 g/mol. The van der Waals surface area contributed by atoms with Crippen molar-refractivity contribution in [3.8, 4) is 55.6 Å². The number of benzene rings is 9. The number of hydrogen-bond donors (Lipinski definition) is 0. The predicted molar refractivity (Wildman–Crippen MR) is 230 cm³/mol. The highest BCUT2D eigenvalue weighted by atomic mass is 14.5. The van der Waals surface area contributed by atoms with Gasteiger partial charge >= 0.3 is 0 Å². The Labute approximate surface area is 317 Å². The summed E-state index contributed by atoms with van der Waals surface area (Å²) < 4.78 is 0. The lowest BCUT2D eigenvalue weighted by molar-refractivity contribution is 0.647. The molecule has 0 saturated carbocycles. The van der Waals surface area contributed by atoms with E-state index in [9.17, 15) is 0 Å². The SMILES string of the molecule is CC1(C)c2cc(-c3c4ccccc4c(-c4ccc5cc(-c6ccccc6)ccc5c4)c4ccccc34)ccc2-c2c1ccc1c2C(C)(C)c2ccccc2-1. The molecule has 0 N–H and O–H groups in total. The summed E-state index contributed by atoms with van der Waals surface area (Å²) in [5.74, 6) is 0. The number of hydrogen-bond acceptors (Lipinski definition) is 0. The van der Waals surface area contributed by atoms with Gasteiger partial charge in [0.2, 0.25) is 0 Å². The molecule has 11 rings (SSSR count). The summed E-state index contributed by atoms with van der Waals surface area (Å²) in [4.78, 5) is 0. The second kappa shape index (κ2) is 11.1. The zero-order valence-electron chi connectivity index (χ0n) is 31.2. The molecule has 9 aromatic carbocycles. The average molecular weight is 689 g/mol. The van der Waals surface area contributed by atoms with Gasteiger partial charge in [-0.05, 0) is 128 Å². The highest BCUT2D eigenvalue weighted by Gasteiger charge is 2.44. The third-order valence-electron chi connectivity index (χ3n) is 12.8. The fourth-order valence-electron chi connectivity index (χ4n) is 10.2. The maximum absolute atomic E-state index is 2.52. The van der Waals surface area contributed by atoms with E-state index >= 15 is 0 Å². The summed E-state index contributed by atoms with van der Waals surface area (Å²) in [6.45, 7) is 9.67. The lowest BCUT2D eigenvalue weighted by atomic mass is 9.77. The lowest BCUT2D eigenvalue weighted by Crippen LogP contribution is -2.18. The molecule has 0 nitrogen and oxygen atoms in total. The molecule has 0 atom stereocenters. The van der Waals surface area contributed by atoms with E-state index in [0.29, 0.717) is 0 Å². The zero-order valence-corrected chi connectivity index (χ0v) is 31.2. The van der Waals surface area contributed by atoms with Crippen LogP contribution in [0.5, 0.6) is 0 Å². The Morgan fingerprint density at radius 3 is 1.48 bits per heavy atom. The van der Waals surface area contributed by atoms with Gasteiger partial charge in [0.15, 0.2) is 0 Å². The minimum atomic E-state index is -0.127. The van der Waals surface area contributed by atoms with Crippen molar-refractivity contribution in [1.29, 1.82) is 0 Å². The largest absolute Gasteiger partial charge is 0.0622 e. The smallest absolute Gasteiger partial charge is 0.0165 e. The molecular formula is C54H40. The molecule has 2 aliphatic carbocycles. The molecule has 0 heteroatoms. The standard InChI is InChI=1S/C54H40/c1-53(2)47-29-28-44-39-16-12-13-21-46(39)54(3,4)52(44)51(47)45-27-26-38(32-48(45)53)50-42-19-10-8-17-40(42)49(41-18-9-11-20-43(41)50)37-25-24-35-30-34(22-23-36(35)31-37)33-14-6-5-7-15-33/h5-32H,1-4H3. The maximum Gasteiger partial charge on any atom is 0.0165 e. The van der Waals surface area contributed by atoms with E-state index < -0.39 is 0 Å². The predicted octanol–water partition coefficient (Wildman–Crippen LogP) is 14.8. The van der Waals surface area contributed by atoms with Crippen LogP contribution in [0.15, 0.2) is 170 Å². The van der Waals surface area contributed by atoms with Gasteiger partial charge < -0.3 is 0 Å². The van der Waals surface area contributed by atoms with Crippen molar-refractivity contribution in [3.63, 3.8) is 0 Å². The van der Waals surface area contributed by atoms with Gasteiger partial charge in [0.1, 0.15) is 0 Å². The Balaban J connectivity index is 1.10. The fourth-order valence-corrected chi connectivity index (χ4v) is 10.2. The van der Waals surface area contributed by atoms with Gasteiger partial charge in [-0.25, -0.2) is 0 Å². The van der Waals surface area contributed by atoms with Crippen molar-refractivity contribution in [1.82, 2.24) is 0 Å². The Bertz CT molecular complexity index is 2970. The number of fused-ring (bicyclic) bond motifs is 10. The van der Waals surface area contributed by atoms with Crippen LogP contribution >= 0.6 is 0 Å². The Kier molecular flexibility index (Phi) is 6.46. The molecule has 0 radical (unpaired) electrons. The highest BCUT2D eigenvalue weighted by molar-refractivity contribution is 6.22. The van der Waals surface area contributed by atoms with E-state index in [0.717, 1.165) is 0 Å². The molecule has 0 aliphatic heterocycles. The first-order valence-corrected chi connectivity index (χ1v) is 19.3. The molecule has 0 unspecified atom stereocenters. The molecule has 54 heavy (non-hydrogen) atoms. The lowest BCUT2D eigenvalue weighted by Gasteiger charge is -2.26. The molecule has 0 spiro atoms. The topological polar surface area (TPSA) is 0 Å². The molecule has 0 amide bonds. The van der Waals surface area contributed by atoms with Crippen molar-refractivity contribution in [3.05, 3.63) is 192 Å². The Morgan fingerprint density at radius 1 is 0.296 bits per heavy atom. The first kappa shape index (κ1) is 31.3.